The Morgan fingerprint density at radius 3 is 2.88 bits per heavy atom. The first kappa shape index (κ1) is 12.5. The summed E-state index contributed by atoms with van der Waals surface area (Å²) in [5.41, 5.74) is 2.23. The molecule has 3 nitrogen and oxygen atoms in total. The number of nitrogens with one attached hydrogen (secondary N) is 1. The number of hydrogen-bond donors (Lipinski definition) is 1. The lowest BCUT2D eigenvalue weighted by molar-refractivity contribution is 0.0876. The molecule has 0 radical (unpaired) electrons. The highest BCUT2D eigenvalue weighted by Gasteiger charge is 2.15. The van der Waals surface area contributed by atoms with Gasteiger partial charge >= 0.3 is 0 Å². The van der Waals surface area contributed by atoms with Crippen LogP contribution in [0.15, 0.2) is 18.2 Å². The number of anilines is 2. The van der Waals surface area contributed by atoms with Crippen LogP contribution < -0.4 is 10.2 Å². The maximum atomic E-state index is 6.05. The van der Waals surface area contributed by atoms with Gasteiger partial charge in [-0.1, -0.05) is 11.6 Å². The van der Waals surface area contributed by atoms with Gasteiger partial charge in [-0.05, 0) is 31.0 Å². The Kier molecular flexibility index (Phi) is 4.13. The van der Waals surface area contributed by atoms with Crippen LogP contribution in [-0.2, 0) is 4.74 Å². The fourth-order valence-electron chi connectivity index (χ4n) is 2.09. The molecular weight excluding hydrogens is 236 g/mol. The van der Waals surface area contributed by atoms with E-state index in [-0.39, 0.29) is 0 Å². The molecule has 0 aliphatic carbocycles. The predicted molar refractivity (Wildman–Crippen MR) is 73.2 cm³/mol. The number of benzene rings is 1. The monoisotopic (exact) mass is 254 g/mol. The molecule has 1 heterocycles. The molecule has 4 heteroatoms. The lowest BCUT2D eigenvalue weighted by Gasteiger charge is -2.27. The number of halogens is 1. The van der Waals surface area contributed by atoms with Crippen molar-refractivity contribution in [1.82, 2.24) is 0 Å². The highest BCUT2D eigenvalue weighted by Crippen LogP contribution is 2.29. The van der Waals surface area contributed by atoms with E-state index < -0.39 is 0 Å². The molecule has 17 heavy (non-hydrogen) atoms. The van der Waals surface area contributed by atoms with Crippen molar-refractivity contribution in [2.45, 2.75) is 18.9 Å². The molecule has 1 saturated heterocycles. The van der Waals surface area contributed by atoms with Gasteiger partial charge in [-0.15, -0.1) is 0 Å². The first-order valence-electron chi connectivity index (χ1n) is 5.98. The fourth-order valence-corrected chi connectivity index (χ4v) is 2.26. The van der Waals surface area contributed by atoms with Gasteiger partial charge in [0.2, 0.25) is 0 Å². The van der Waals surface area contributed by atoms with Gasteiger partial charge in [0.25, 0.3) is 0 Å². The van der Waals surface area contributed by atoms with E-state index >= 15 is 0 Å². The summed E-state index contributed by atoms with van der Waals surface area (Å²) < 4.78 is 5.48. The van der Waals surface area contributed by atoms with Crippen molar-refractivity contribution in [2.24, 2.45) is 0 Å². The third-order valence-corrected chi connectivity index (χ3v) is 3.20. The lowest BCUT2D eigenvalue weighted by Crippen LogP contribution is -2.30. The Bertz CT molecular complexity index is 376. The molecule has 1 atom stereocenters. The largest absolute Gasteiger partial charge is 0.379 e. The van der Waals surface area contributed by atoms with E-state index in [0.29, 0.717) is 6.04 Å². The molecule has 0 saturated carbocycles. The average Bonchev–Trinajstić information content (AvgIpc) is 2.30. The van der Waals surface area contributed by atoms with E-state index in [2.05, 4.69) is 10.2 Å². The second-order valence-corrected chi connectivity index (χ2v) is 5.05. The molecule has 1 unspecified atom stereocenters. The average molecular weight is 255 g/mol. The molecule has 0 aromatic heterocycles. The van der Waals surface area contributed by atoms with E-state index in [9.17, 15) is 0 Å². The Morgan fingerprint density at radius 1 is 1.41 bits per heavy atom. The Hall–Kier alpha value is -0.930. The maximum absolute atomic E-state index is 6.05. The second-order valence-electron chi connectivity index (χ2n) is 4.61. The molecule has 1 aromatic carbocycles. The van der Waals surface area contributed by atoms with Crippen LogP contribution in [0.3, 0.4) is 0 Å². The maximum Gasteiger partial charge on any atom is 0.0667 e. The van der Waals surface area contributed by atoms with E-state index in [4.69, 9.17) is 16.3 Å². The van der Waals surface area contributed by atoms with Crippen molar-refractivity contribution < 1.29 is 4.74 Å². The topological polar surface area (TPSA) is 24.5 Å². The summed E-state index contributed by atoms with van der Waals surface area (Å²) in [6.07, 6.45) is 2.27. The Balaban J connectivity index is 2.14. The molecular formula is C13H19ClN2O. The zero-order valence-electron chi connectivity index (χ0n) is 10.4. The van der Waals surface area contributed by atoms with Crippen LogP contribution in [-0.4, -0.2) is 33.4 Å². The van der Waals surface area contributed by atoms with Gasteiger partial charge < -0.3 is 15.0 Å². The minimum absolute atomic E-state index is 0.390. The van der Waals surface area contributed by atoms with Crippen LogP contribution in [0, 0.1) is 0 Å². The third-order valence-electron chi connectivity index (χ3n) is 2.96. The summed E-state index contributed by atoms with van der Waals surface area (Å²) in [6.45, 7) is 1.66. The minimum atomic E-state index is 0.390. The highest BCUT2D eigenvalue weighted by molar-refractivity contribution is 6.31. The zero-order valence-corrected chi connectivity index (χ0v) is 11.1. The quantitative estimate of drug-likeness (QED) is 0.898. The van der Waals surface area contributed by atoms with Crippen molar-refractivity contribution in [3.05, 3.63) is 23.2 Å². The number of rotatable bonds is 3. The summed E-state index contributed by atoms with van der Waals surface area (Å²) in [5, 5.41) is 4.28. The summed E-state index contributed by atoms with van der Waals surface area (Å²) in [6, 6.07) is 6.32. The summed E-state index contributed by atoms with van der Waals surface area (Å²) in [5.74, 6) is 0. The van der Waals surface area contributed by atoms with Crippen molar-refractivity contribution in [1.29, 1.82) is 0 Å². The van der Waals surface area contributed by atoms with Crippen molar-refractivity contribution in [2.75, 3.05) is 37.5 Å². The third kappa shape index (κ3) is 3.27. The molecule has 1 aliphatic rings. The lowest BCUT2D eigenvalue weighted by atomic mass is 10.1. The van der Waals surface area contributed by atoms with Gasteiger partial charge in [0.05, 0.1) is 18.0 Å². The van der Waals surface area contributed by atoms with Crippen molar-refractivity contribution in [3.63, 3.8) is 0 Å². The van der Waals surface area contributed by atoms with Gasteiger partial charge in [0.15, 0.2) is 0 Å². The highest BCUT2D eigenvalue weighted by atomic mass is 35.5. The Morgan fingerprint density at radius 2 is 2.24 bits per heavy atom. The second kappa shape index (κ2) is 5.61. The number of nitrogens with zero attached hydrogens (tertiary/aromatic N) is 1. The molecule has 1 aliphatic heterocycles. The van der Waals surface area contributed by atoms with Crippen LogP contribution in [0.2, 0.25) is 5.02 Å². The van der Waals surface area contributed by atoms with Gasteiger partial charge in [0.1, 0.15) is 0 Å². The molecule has 1 aromatic rings. The Labute approximate surface area is 108 Å². The van der Waals surface area contributed by atoms with Crippen LogP contribution in [0.5, 0.6) is 0 Å². The smallest absolute Gasteiger partial charge is 0.0667 e. The van der Waals surface area contributed by atoms with Gasteiger partial charge in [0, 0.05) is 31.8 Å². The molecule has 94 valence electrons. The van der Waals surface area contributed by atoms with Crippen LogP contribution in [0.25, 0.3) is 0 Å². The summed E-state index contributed by atoms with van der Waals surface area (Å²) in [4.78, 5) is 2.09. The van der Waals surface area contributed by atoms with Crippen molar-refractivity contribution in [3.8, 4) is 0 Å². The van der Waals surface area contributed by atoms with Crippen molar-refractivity contribution >= 4 is 23.0 Å². The summed E-state index contributed by atoms with van der Waals surface area (Å²) in [7, 11) is 4.07. The van der Waals surface area contributed by atoms with Crippen LogP contribution in [0.1, 0.15) is 12.8 Å². The summed E-state index contributed by atoms with van der Waals surface area (Å²) >= 11 is 6.05. The first-order valence-corrected chi connectivity index (χ1v) is 6.36. The van der Waals surface area contributed by atoms with Crippen LogP contribution >= 0.6 is 11.6 Å². The normalized spacial score (nSPS) is 20.1. The molecule has 1 N–H and O–H groups in total. The molecule has 0 spiro atoms. The first-order chi connectivity index (χ1) is 8.16. The van der Waals surface area contributed by atoms with E-state index in [1.807, 2.05) is 32.3 Å². The van der Waals surface area contributed by atoms with E-state index in [1.165, 1.54) is 0 Å². The zero-order chi connectivity index (χ0) is 12.3. The molecule has 2 rings (SSSR count). The predicted octanol–water partition coefficient (Wildman–Crippen LogP) is 3.00. The standard InChI is InChI=1S/C13H19ClN2O/c1-16(2)13-6-5-10(14)8-12(13)15-11-4-3-7-17-9-11/h5-6,8,11,15H,3-4,7,9H2,1-2H3. The van der Waals surface area contributed by atoms with Gasteiger partial charge in [-0.25, -0.2) is 0 Å². The van der Waals surface area contributed by atoms with Gasteiger partial charge in [-0.3, -0.25) is 0 Å². The number of hydrogen-bond acceptors (Lipinski definition) is 3. The number of ether oxygens (including phenoxy) is 1. The minimum Gasteiger partial charge on any atom is -0.379 e. The fraction of sp³-hybridized carbons (Fsp3) is 0.538. The van der Waals surface area contributed by atoms with Gasteiger partial charge in [-0.2, -0.15) is 0 Å². The molecule has 0 bridgehead atoms. The molecule has 0 amide bonds. The van der Waals surface area contributed by atoms with E-state index in [0.717, 1.165) is 42.5 Å². The van der Waals surface area contributed by atoms with Crippen LogP contribution in [0.4, 0.5) is 11.4 Å². The van der Waals surface area contributed by atoms with E-state index in [1.54, 1.807) is 0 Å². The molecule has 1 fully saturated rings. The SMILES string of the molecule is CN(C)c1ccc(Cl)cc1NC1CCCOC1.